The van der Waals surface area contributed by atoms with Crippen molar-refractivity contribution in [1.29, 1.82) is 0 Å². The summed E-state index contributed by atoms with van der Waals surface area (Å²) in [6, 6.07) is 0.884. The minimum atomic E-state index is -2.03. The number of rotatable bonds is 19. The molecule has 0 saturated carbocycles. The van der Waals surface area contributed by atoms with Crippen molar-refractivity contribution in [2.24, 2.45) is 5.41 Å². The first-order valence-electron chi connectivity index (χ1n) is 11.0. The van der Waals surface area contributed by atoms with E-state index in [-0.39, 0.29) is 17.2 Å². The van der Waals surface area contributed by atoms with Crippen molar-refractivity contribution in [1.82, 2.24) is 10.6 Å². The van der Waals surface area contributed by atoms with Crippen LogP contribution in [0.3, 0.4) is 0 Å². The van der Waals surface area contributed by atoms with Crippen LogP contribution in [0.4, 0.5) is 0 Å². The molecule has 0 unspecified atom stereocenters. The van der Waals surface area contributed by atoms with E-state index in [4.69, 9.17) is 23.1 Å². The normalized spacial score (nSPS) is 12.1. The van der Waals surface area contributed by atoms with Gasteiger partial charge in [0.05, 0.1) is 39.6 Å². The van der Waals surface area contributed by atoms with Crippen molar-refractivity contribution in [3.05, 3.63) is 0 Å². The van der Waals surface area contributed by atoms with Gasteiger partial charge in [0.2, 0.25) is 11.8 Å². The van der Waals surface area contributed by atoms with Crippen molar-refractivity contribution < 1.29 is 32.7 Å². The van der Waals surface area contributed by atoms with Crippen molar-refractivity contribution in [3.8, 4) is 0 Å². The third-order valence-corrected chi connectivity index (χ3v) is 7.66. The molecule has 0 aliphatic carbocycles. The van der Waals surface area contributed by atoms with Crippen LogP contribution in [-0.4, -0.2) is 87.3 Å². The standard InChI is InChI=1S/C21H44N2O7Si/c1-21(2,3)20(25)23-11-13-29-15-17-30-16-14-28-12-10-22-19(24)9-7-8-18-31(6,26-4)27-5/h7-18H2,1-6H3,(H,22,24)(H,23,25). The van der Waals surface area contributed by atoms with Gasteiger partial charge in [-0.15, -0.1) is 0 Å². The van der Waals surface area contributed by atoms with E-state index in [9.17, 15) is 9.59 Å². The van der Waals surface area contributed by atoms with Gasteiger partial charge in [-0.3, -0.25) is 9.59 Å². The van der Waals surface area contributed by atoms with Gasteiger partial charge in [0.25, 0.3) is 0 Å². The molecule has 0 saturated heterocycles. The predicted molar refractivity (Wildman–Crippen MR) is 122 cm³/mol. The first-order valence-corrected chi connectivity index (χ1v) is 13.6. The molecule has 0 rings (SSSR count). The van der Waals surface area contributed by atoms with E-state index < -0.39 is 8.56 Å². The lowest BCUT2D eigenvalue weighted by Gasteiger charge is -2.22. The summed E-state index contributed by atoms with van der Waals surface area (Å²) in [5.74, 6) is 0.0489. The summed E-state index contributed by atoms with van der Waals surface area (Å²) in [4.78, 5) is 23.5. The van der Waals surface area contributed by atoms with Gasteiger partial charge in [0.1, 0.15) is 0 Å². The highest BCUT2D eigenvalue weighted by atomic mass is 28.4. The molecule has 0 atom stereocenters. The highest BCUT2D eigenvalue weighted by molar-refractivity contribution is 6.65. The molecule has 0 radical (unpaired) electrons. The van der Waals surface area contributed by atoms with E-state index >= 15 is 0 Å². The Morgan fingerprint density at radius 2 is 1.26 bits per heavy atom. The number of unbranched alkanes of at least 4 members (excludes halogenated alkanes) is 1. The van der Waals surface area contributed by atoms with Crippen LogP contribution >= 0.6 is 0 Å². The lowest BCUT2D eigenvalue weighted by atomic mass is 9.96. The lowest BCUT2D eigenvalue weighted by Crippen LogP contribution is -2.36. The molecule has 31 heavy (non-hydrogen) atoms. The smallest absolute Gasteiger partial charge is 0.334 e. The van der Waals surface area contributed by atoms with Crippen LogP contribution in [0.15, 0.2) is 0 Å². The van der Waals surface area contributed by atoms with Crippen molar-refractivity contribution in [3.63, 3.8) is 0 Å². The SMILES string of the molecule is CO[Si](C)(CCCCC(=O)NCCOCCOCCOCCNC(=O)C(C)(C)C)OC. The highest BCUT2D eigenvalue weighted by Crippen LogP contribution is 2.15. The predicted octanol–water partition coefficient (Wildman–Crippen LogP) is 1.85. The summed E-state index contributed by atoms with van der Waals surface area (Å²) in [6.07, 6.45) is 2.24. The van der Waals surface area contributed by atoms with Gasteiger partial charge in [0, 0.05) is 39.1 Å². The Kier molecular flexibility index (Phi) is 16.9. The molecule has 9 nitrogen and oxygen atoms in total. The molecular weight excluding hydrogens is 420 g/mol. The Hall–Kier alpha value is -1.04. The van der Waals surface area contributed by atoms with E-state index in [1.54, 1.807) is 14.2 Å². The fraction of sp³-hybridized carbons (Fsp3) is 0.905. The summed E-state index contributed by atoms with van der Waals surface area (Å²) in [6.45, 7) is 11.4. The number of hydrogen-bond acceptors (Lipinski definition) is 7. The second-order valence-electron chi connectivity index (χ2n) is 8.44. The van der Waals surface area contributed by atoms with Crippen LogP contribution in [0.2, 0.25) is 12.6 Å². The number of carbonyl (C=O) groups is 2. The first-order chi connectivity index (χ1) is 14.6. The minimum Gasteiger partial charge on any atom is -0.398 e. The maximum absolute atomic E-state index is 11.8. The van der Waals surface area contributed by atoms with Crippen molar-refractivity contribution >= 4 is 20.4 Å². The Bertz CT molecular complexity index is 483. The number of nitrogens with one attached hydrogen (secondary N) is 2. The van der Waals surface area contributed by atoms with Crippen LogP contribution < -0.4 is 10.6 Å². The lowest BCUT2D eigenvalue weighted by molar-refractivity contribution is -0.128. The monoisotopic (exact) mass is 464 g/mol. The minimum absolute atomic E-state index is 0.0129. The molecule has 10 heteroatoms. The first kappa shape index (κ1) is 30.0. The zero-order valence-corrected chi connectivity index (χ0v) is 21.3. The molecule has 2 N–H and O–H groups in total. The quantitative estimate of drug-likeness (QED) is 0.222. The molecule has 0 heterocycles. The fourth-order valence-corrected chi connectivity index (χ4v) is 3.88. The number of carbonyl (C=O) groups excluding carboxylic acids is 2. The third kappa shape index (κ3) is 17.2. The van der Waals surface area contributed by atoms with E-state index in [2.05, 4.69) is 10.6 Å². The molecule has 0 bridgehead atoms. The van der Waals surface area contributed by atoms with Crippen LogP contribution in [0.5, 0.6) is 0 Å². The summed E-state index contributed by atoms with van der Waals surface area (Å²) in [7, 11) is 1.33. The van der Waals surface area contributed by atoms with Gasteiger partial charge in [-0.2, -0.15) is 0 Å². The third-order valence-electron chi connectivity index (χ3n) is 4.67. The molecular formula is C21H44N2O7Si. The molecule has 0 spiro atoms. The molecule has 0 aromatic heterocycles. The average molecular weight is 465 g/mol. The number of ether oxygens (including phenoxy) is 3. The van der Waals surface area contributed by atoms with Crippen LogP contribution in [0.25, 0.3) is 0 Å². The summed E-state index contributed by atoms with van der Waals surface area (Å²) in [5.41, 5.74) is -0.385. The van der Waals surface area contributed by atoms with Crippen LogP contribution in [0.1, 0.15) is 40.0 Å². The maximum Gasteiger partial charge on any atom is 0.334 e. The molecule has 184 valence electrons. The molecule has 0 aliphatic rings. The van der Waals surface area contributed by atoms with Crippen molar-refractivity contribution in [2.75, 3.05) is 67.0 Å². The zero-order valence-electron chi connectivity index (χ0n) is 20.3. The van der Waals surface area contributed by atoms with E-state index in [1.807, 2.05) is 27.3 Å². The highest BCUT2D eigenvalue weighted by Gasteiger charge is 2.27. The summed E-state index contributed by atoms with van der Waals surface area (Å²) < 4.78 is 27.1. The van der Waals surface area contributed by atoms with E-state index in [1.165, 1.54) is 0 Å². The van der Waals surface area contributed by atoms with Gasteiger partial charge >= 0.3 is 8.56 Å². The van der Waals surface area contributed by atoms with E-state index in [0.29, 0.717) is 59.2 Å². The van der Waals surface area contributed by atoms with Crippen molar-refractivity contribution in [2.45, 2.75) is 52.6 Å². The Morgan fingerprint density at radius 3 is 1.74 bits per heavy atom. The molecule has 2 amide bonds. The van der Waals surface area contributed by atoms with Gasteiger partial charge in [0.15, 0.2) is 0 Å². The fourth-order valence-electron chi connectivity index (χ4n) is 2.41. The van der Waals surface area contributed by atoms with Gasteiger partial charge in [-0.25, -0.2) is 0 Å². The van der Waals surface area contributed by atoms with Crippen LogP contribution in [0, 0.1) is 5.41 Å². The second kappa shape index (κ2) is 17.5. The molecule has 0 aromatic rings. The molecule has 0 aromatic carbocycles. The Morgan fingerprint density at radius 1 is 0.774 bits per heavy atom. The van der Waals surface area contributed by atoms with Gasteiger partial charge in [-0.05, 0) is 19.0 Å². The van der Waals surface area contributed by atoms with Crippen LogP contribution in [-0.2, 0) is 32.7 Å². The van der Waals surface area contributed by atoms with Gasteiger partial charge < -0.3 is 33.7 Å². The summed E-state index contributed by atoms with van der Waals surface area (Å²) >= 11 is 0. The zero-order chi connectivity index (χ0) is 23.6. The molecule has 0 fully saturated rings. The molecule has 0 aliphatic heterocycles. The van der Waals surface area contributed by atoms with Gasteiger partial charge in [-0.1, -0.05) is 27.2 Å². The maximum atomic E-state index is 11.8. The van der Waals surface area contributed by atoms with E-state index in [0.717, 1.165) is 18.9 Å². The Balaban J connectivity index is 3.37. The summed E-state index contributed by atoms with van der Waals surface area (Å²) in [5, 5.41) is 5.67. The largest absolute Gasteiger partial charge is 0.398 e. The number of amides is 2. The average Bonchev–Trinajstić information content (AvgIpc) is 2.73. The number of hydrogen-bond donors (Lipinski definition) is 2. The Labute approximate surface area is 189 Å². The second-order valence-corrected chi connectivity index (χ2v) is 12.0. The topological polar surface area (TPSA) is 104 Å².